The lowest BCUT2D eigenvalue weighted by Gasteiger charge is -2.53. The Labute approximate surface area is 755 Å². The Hall–Kier alpha value is -3.66. The van der Waals surface area contributed by atoms with Gasteiger partial charge in [0.15, 0.2) is 44.0 Å². The first-order valence-electron chi connectivity index (χ1n) is 43.6. The molecule has 22 saturated heterocycles. The summed E-state index contributed by atoms with van der Waals surface area (Å²) in [4.78, 5) is 2.59. The summed E-state index contributed by atoms with van der Waals surface area (Å²) >= 11 is 0. The van der Waals surface area contributed by atoms with Crippen molar-refractivity contribution >= 4 is 37.1 Å². The molecule has 26 rings (SSSR count). The SMILES string of the molecule is COC[C@H]1O[C@@H]2O[C@H]3[C@H](OC)[C@@H](OC)[C@@H](O[C@H]4[C@H](OC)[C@@H](OC)[C@@H](O[C@H]5[C@H](OC)[C@@H](OC)[C@@H](O[C@H]6[C@H](OC)[C@@H](OC)[C@@H](O[C@H]7[C@H](OC)[C@@H](OC)[C@@H](O[C@H]8[C@H](OC)[C@@H](OC)[C@@H](O[C@H]1[C@H](OC)[C@H]2OC)O[C@@H]8COC)O[C@@H]7COC)O[C@@H]6COC)O[C@@H]5CN1C[C@@H](P(c2ccccc2)c2ccccc2)C[C@H]1CP(c1ccccc1)c1ccccc1)O[C@@H]4COC)O[C@@H]3COC. The molecular weight excluding hydrogens is 1710 g/mol. The first kappa shape index (κ1) is 102. The summed E-state index contributed by atoms with van der Waals surface area (Å²) in [5, 5.41) is 5.05. The quantitative estimate of drug-likeness (QED) is 0.0594. The van der Waals surface area contributed by atoms with Crippen LogP contribution < -0.4 is 21.2 Å². The van der Waals surface area contributed by atoms with Crippen molar-refractivity contribution in [1.29, 1.82) is 0 Å². The average molecular weight is 1850 g/mol. The maximum atomic E-state index is 7.78. The van der Waals surface area contributed by atoms with Crippen molar-refractivity contribution in [1.82, 2.24) is 4.90 Å². The molecule has 4 aromatic carbocycles. The van der Waals surface area contributed by atoms with Gasteiger partial charge in [-0.15, -0.1) is 0 Å². The minimum atomic E-state index is -1.28. The predicted octanol–water partition coefficient (Wildman–Crippen LogP) is 3.57. The lowest BCUT2D eigenvalue weighted by Crippen LogP contribution is -2.69. The van der Waals surface area contributed by atoms with Crippen molar-refractivity contribution in [2.45, 2.75) is 233 Å². The fourth-order valence-corrected chi connectivity index (χ4v) is 25.6. The van der Waals surface area contributed by atoms with Crippen molar-refractivity contribution in [2.24, 2.45) is 0 Å². The van der Waals surface area contributed by atoms with E-state index in [1.165, 1.54) is 99.4 Å². The zero-order chi connectivity index (χ0) is 90.7. The molecule has 720 valence electrons. The van der Waals surface area contributed by atoms with Gasteiger partial charge in [0.2, 0.25) is 0 Å². The second kappa shape index (κ2) is 49.9. The summed E-state index contributed by atoms with van der Waals surface area (Å²) in [6.45, 7) is 0.620. The van der Waals surface area contributed by atoms with E-state index in [1.54, 1.807) is 64.0 Å². The van der Waals surface area contributed by atoms with Crippen LogP contribution in [0.1, 0.15) is 6.42 Å². The topological polar surface area (TPSA) is 317 Å². The second-order valence-electron chi connectivity index (χ2n) is 32.9. The van der Waals surface area contributed by atoms with E-state index in [0.29, 0.717) is 6.54 Å². The zero-order valence-corrected chi connectivity index (χ0v) is 79.0. The van der Waals surface area contributed by atoms with E-state index in [1.807, 2.05) is 0 Å². The number of hydrogen-bond donors (Lipinski definition) is 0. The van der Waals surface area contributed by atoms with Crippen molar-refractivity contribution in [3.8, 4) is 0 Å². The van der Waals surface area contributed by atoms with Gasteiger partial charge in [-0.1, -0.05) is 121 Å². The molecule has 37 heteroatoms. The van der Waals surface area contributed by atoms with Gasteiger partial charge in [0.25, 0.3) is 0 Å². The number of nitrogens with zero attached hydrogens (tertiary/aromatic N) is 1. The smallest absolute Gasteiger partial charge is 0.187 e. The first-order chi connectivity index (χ1) is 62.6. The van der Waals surface area contributed by atoms with Crippen LogP contribution in [-0.2, 0) is 161 Å². The normalized spacial score (nSPS) is 40.0. The van der Waals surface area contributed by atoms with Crippen LogP contribution in [0, 0.1) is 0 Å². The van der Waals surface area contributed by atoms with Gasteiger partial charge in [0.05, 0.1) is 39.6 Å². The van der Waals surface area contributed by atoms with Gasteiger partial charge in [0, 0.05) is 167 Å². The molecule has 0 spiro atoms. The summed E-state index contributed by atoms with van der Waals surface area (Å²) in [7, 11) is 29.0. The van der Waals surface area contributed by atoms with Crippen LogP contribution in [-0.4, -0.2) is 433 Å². The van der Waals surface area contributed by atoms with Crippen molar-refractivity contribution < 1.29 is 161 Å². The molecule has 0 radical (unpaired) electrons. The number of hydrogen-bond acceptors (Lipinski definition) is 35. The molecule has 0 aliphatic carbocycles. The Morgan fingerprint density at radius 3 is 0.641 bits per heavy atom. The predicted molar refractivity (Wildman–Crippen MR) is 464 cm³/mol. The number of likely N-dealkylation sites (tertiary alicyclic amines) is 1. The summed E-state index contributed by atoms with van der Waals surface area (Å²) in [5.41, 5.74) is 0.146. The Morgan fingerprint density at radius 2 is 0.438 bits per heavy atom. The summed E-state index contributed by atoms with van der Waals surface area (Å²) in [6, 6.07) is 43.3. The first-order valence-corrected chi connectivity index (χ1v) is 46.6. The van der Waals surface area contributed by atoms with Gasteiger partial charge in [-0.3, -0.25) is 4.90 Å². The van der Waals surface area contributed by atoms with E-state index in [2.05, 4.69) is 126 Å². The standard InChI is InChI=1S/C91H137NO34P2/c1-93-44-58-65-72(100-8)80(108-16)87(115-58)123-67-60(46-95-3)117-89(82(110-18)74(67)102-10)125-69-62(48-97-5)119-91(84(112-20)76(69)104-12)126-70-63(49-98-6)118-90(83(111-19)77(70)105-13)124-68-61(47-96-4)116-88(81(109-17)75(68)103-11)122-66-59(45-94-2)114-86(79(107-15)73(66)101-9)120-64-57(113-85(121-65)78(106-14)71(64)99-7)43-92-42-56(128(54-37-29-23-30-38-54)55-39-31-24-32-40-55)41-51(92)50-127(52-33-25-21-26-34-52)53-35-27-22-28-36-53/h21-40,51,56-91H,41-50H2,1-20H3/t51-,56-,57+,58+,59+,60+,61+,62+,63+,64+,65+,66+,67+,68+,69+,70+,71-,72-,73-,74-,75-,76-,77-,78+,79+,80+,81+,82+,83+,84+,85+,86+,87+,88+,89+,90+,91+/m0/s1. The fourth-order valence-electron chi connectivity index (χ4n) is 20.0. The molecule has 0 unspecified atom stereocenters. The van der Waals surface area contributed by atoms with E-state index in [9.17, 15) is 0 Å². The highest BCUT2D eigenvalue weighted by Gasteiger charge is 2.63. The average Bonchev–Trinajstić information content (AvgIpc) is 1.24. The fraction of sp³-hybridized carbons (Fsp3) is 0.736. The lowest BCUT2D eigenvalue weighted by molar-refractivity contribution is -0.402. The number of methoxy groups -OCH3 is 20. The van der Waals surface area contributed by atoms with Crippen LogP contribution in [0.15, 0.2) is 121 Å². The molecule has 22 fully saturated rings. The van der Waals surface area contributed by atoms with Crippen molar-refractivity contribution in [2.75, 3.05) is 201 Å². The molecular formula is C91H137NO34P2. The van der Waals surface area contributed by atoms with Crippen molar-refractivity contribution in [3.63, 3.8) is 0 Å². The second-order valence-corrected chi connectivity index (χ2v) is 37.6. The van der Waals surface area contributed by atoms with Gasteiger partial charge in [-0.25, -0.2) is 0 Å². The molecule has 35 nitrogen and oxygen atoms in total. The summed E-state index contributed by atoms with van der Waals surface area (Å²) < 4.78 is 229. The van der Waals surface area contributed by atoms with E-state index >= 15 is 0 Å². The molecule has 22 aliphatic rings. The molecule has 22 aliphatic heterocycles. The van der Waals surface area contributed by atoms with E-state index < -0.39 is 231 Å². The van der Waals surface area contributed by atoms with Crippen LogP contribution in [0.25, 0.3) is 0 Å². The highest BCUT2D eigenvalue weighted by molar-refractivity contribution is 7.74. The minimum Gasteiger partial charge on any atom is -0.382 e. The van der Waals surface area contributed by atoms with Gasteiger partial charge in [0.1, 0.15) is 171 Å². The van der Waals surface area contributed by atoms with E-state index in [0.717, 1.165) is 12.6 Å². The molecule has 0 aromatic heterocycles. The van der Waals surface area contributed by atoms with E-state index in [4.69, 9.17) is 161 Å². The Kier molecular flexibility index (Phi) is 39.7. The van der Waals surface area contributed by atoms with Crippen LogP contribution in [0.3, 0.4) is 0 Å². The lowest BCUT2D eigenvalue weighted by atomic mass is 9.94. The number of rotatable bonds is 35. The maximum Gasteiger partial charge on any atom is 0.187 e. The number of benzene rings is 4. The third kappa shape index (κ3) is 22.6. The third-order valence-corrected chi connectivity index (χ3v) is 31.3. The molecule has 0 saturated carbocycles. The van der Waals surface area contributed by atoms with Crippen LogP contribution in [0.4, 0.5) is 0 Å². The molecule has 22 heterocycles. The Balaban J connectivity index is 0.935. The van der Waals surface area contributed by atoms with Crippen LogP contribution in [0.5, 0.6) is 0 Å². The molecule has 0 N–H and O–H groups in total. The maximum absolute atomic E-state index is 7.78. The molecule has 4 aromatic rings. The van der Waals surface area contributed by atoms with Crippen molar-refractivity contribution in [3.05, 3.63) is 121 Å². The van der Waals surface area contributed by atoms with Gasteiger partial charge < -0.3 is 161 Å². The Morgan fingerprint density at radius 1 is 0.242 bits per heavy atom. The molecule has 14 bridgehead atoms. The molecule has 128 heavy (non-hydrogen) atoms. The van der Waals surface area contributed by atoms with E-state index in [-0.39, 0.29) is 57.9 Å². The minimum absolute atomic E-state index is 0.0382. The highest BCUT2D eigenvalue weighted by Crippen LogP contribution is 2.50. The van der Waals surface area contributed by atoms with Crippen LogP contribution in [0.2, 0.25) is 0 Å². The molecule has 37 atom stereocenters. The van der Waals surface area contributed by atoms with Crippen LogP contribution >= 0.6 is 15.8 Å². The Bertz CT molecular complexity index is 3690. The largest absolute Gasteiger partial charge is 0.382 e. The van der Waals surface area contributed by atoms with Gasteiger partial charge in [-0.05, 0) is 49.6 Å². The summed E-state index contributed by atoms with van der Waals surface area (Å²) in [5.74, 6) is 0. The van der Waals surface area contributed by atoms with Gasteiger partial charge >= 0.3 is 0 Å². The summed E-state index contributed by atoms with van der Waals surface area (Å²) in [6.07, 6.45) is -35.5. The van der Waals surface area contributed by atoms with Gasteiger partial charge in [-0.2, -0.15) is 0 Å². The zero-order valence-electron chi connectivity index (χ0n) is 77.2. The number of ether oxygens (including phenoxy) is 34. The highest BCUT2D eigenvalue weighted by atomic mass is 31.1. The monoisotopic (exact) mass is 1850 g/mol. The third-order valence-electron chi connectivity index (χ3n) is 25.9. The molecule has 0 amide bonds.